The van der Waals surface area contributed by atoms with E-state index in [0.29, 0.717) is 4.60 Å². The fourth-order valence-corrected chi connectivity index (χ4v) is 0.790. The largest absolute Gasteiger partial charge is 0.465 e. The highest BCUT2D eigenvalue weighted by Gasteiger charge is 2.03. The lowest BCUT2D eigenvalue weighted by atomic mass is 10.3. The zero-order valence-electron chi connectivity index (χ0n) is 8.37. The molecule has 0 spiro atoms. The lowest BCUT2D eigenvalue weighted by molar-refractivity contribution is 0.0600. The summed E-state index contributed by atoms with van der Waals surface area (Å²) in [4.78, 5) is 14.9. The Morgan fingerprint density at radius 2 is 2.64 bits per heavy atom. The van der Waals surface area contributed by atoms with Crippen LogP contribution in [0.25, 0.3) is 0 Å². The maximum absolute atomic E-state index is 11.1. The quantitative estimate of drug-likeness (QED) is 0.532. The molecule has 0 atom stereocenters. The predicted molar refractivity (Wildman–Crippen MR) is 43.3 cm³/mol. The summed E-state index contributed by atoms with van der Waals surface area (Å²) in [5, 5.41) is 0. The minimum atomic E-state index is -2.72. The van der Waals surface area contributed by atoms with Crippen LogP contribution in [0.1, 0.15) is 14.5 Å². The van der Waals surface area contributed by atoms with Gasteiger partial charge in [-0.15, -0.1) is 0 Å². The molecule has 0 aliphatic heterocycles. The second-order valence-corrected chi connectivity index (χ2v) is 2.57. The first-order valence-electron chi connectivity index (χ1n) is 4.23. The standard InChI is InChI=1S/C7H6BrNO2/c1-11-7(10)5-2-3-6(8)9-4-5/h2-4H,1H3/i1D3. The lowest BCUT2D eigenvalue weighted by Crippen LogP contribution is -2.00. The number of aromatic nitrogens is 1. The number of carbonyl (C=O) groups excluding carboxylic acids is 1. The van der Waals surface area contributed by atoms with Crippen molar-refractivity contribution in [2.75, 3.05) is 7.04 Å². The Balaban J connectivity index is 2.76. The zero-order chi connectivity index (χ0) is 10.8. The third kappa shape index (κ3) is 2.01. The first kappa shape index (κ1) is 4.87. The molecule has 0 amide bonds. The number of carbonyl (C=O) groups is 1. The normalized spacial score (nSPS) is 14.5. The predicted octanol–water partition coefficient (Wildman–Crippen LogP) is 1.63. The Labute approximate surface area is 76.7 Å². The molecular weight excluding hydrogens is 210 g/mol. The van der Waals surface area contributed by atoms with Crippen LogP contribution in [0.3, 0.4) is 0 Å². The van der Waals surface area contributed by atoms with E-state index in [2.05, 4.69) is 25.7 Å². The summed E-state index contributed by atoms with van der Waals surface area (Å²) in [5.41, 5.74) is 0.101. The van der Waals surface area contributed by atoms with E-state index in [9.17, 15) is 4.79 Å². The molecule has 0 fully saturated rings. The summed E-state index contributed by atoms with van der Waals surface area (Å²) < 4.78 is 24.9. The third-order valence-electron chi connectivity index (χ3n) is 1.06. The molecule has 3 nitrogen and oxygen atoms in total. The van der Waals surface area contributed by atoms with E-state index in [1.54, 1.807) is 0 Å². The van der Waals surface area contributed by atoms with Crippen LogP contribution in [-0.2, 0) is 4.74 Å². The molecule has 1 aromatic heterocycles. The molecule has 58 valence electrons. The smallest absolute Gasteiger partial charge is 0.339 e. The maximum Gasteiger partial charge on any atom is 0.339 e. The van der Waals surface area contributed by atoms with Crippen molar-refractivity contribution in [1.29, 1.82) is 0 Å². The second kappa shape index (κ2) is 3.48. The van der Waals surface area contributed by atoms with Gasteiger partial charge in [-0.3, -0.25) is 0 Å². The van der Waals surface area contributed by atoms with Gasteiger partial charge in [-0.25, -0.2) is 9.78 Å². The van der Waals surface area contributed by atoms with E-state index in [1.807, 2.05) is 0 Å². The first-order chi connectivity index (χ1) is 6.38. The minimum absolute atomic E-state index is 0.101. The molecule has 1 heterocycles. The molecule has 0 radical (unpaired) electrons. The number of ether oxygens (including phenoxy) is 1. The molecule has 0 aliphatic rings. The Bertz CT molecular complexity index is 336. The van der Waals surface area contributed by atoms with Crippen LogP contribution in [0.2, 0.25) is 0 Å². The van der Waals surface area contributed by atoms with Gasteiger partial charge in [0.1, 0.15) is 4.60 Å². The molecule has 0 aromatic carbocycles. The minimum Gasteiger partial charge on any atom is -0.465 e. The molecule has 0 saturated carbocycles. The number of hydrogen-bond acceptors (Lipinski definition) is 3. The van der Waals surface area contributed by atoms with Gasteiger partial charge in [0.25, 0.3) is 0 Å². The Kier molecular flexibility index (Phi) is 1.54. The number of esters is 1. The van der Waals surface area contributed by atoms with Crippen molar-refractivity contribution in [1.82, 2.24) is 4.98 Å². The zero-order valence-corrected chi connectivity index (χ0v) is 6.96. The average Bonchev–Trinajstić information content (AvgIpc) is 2.02. The van der Waals surface area contributed by atoms with Crippen molar-refractivity contribution >= 4 is 21.9 Å². The van der Waals surface area contributed by atoms with Crippen LogP contribution in [0.4, 0.5) is 0 Å². The highest BCUT2D eigenvalue weighted by Crippen LogP contribution is 2.06. The number of pyridine rings is 1. The molecule has 0 unspecified atom stereocenters. The van der Waals surface area contributed by atoms with Gasteiger partial charge in [0.2, 0.25) is 0 Å². The first-order valence-corrected chi connectivity index (χ1v) is 3.53. The van der Waals surface area contributed by atoms with Gasteiger partial charge in [-0.1, -0.05) is 0 Å². The van der Waals surface area contributed by atoms with Gasteiger partial charge in [0, 0.05) is 6.20 Å². The van der Waals surface area contributed by atoms with Crippen molar-refractivity contribution in [2.24, 2.45) is 0 Å². The number of methoxy groups -OCH3 is 1. The molecular formula is C7H6BrNO2. The fourth-order valence-electron chi connectivity index (χ4n) is 0.555. The van der Waals surface area contributed by atoms with Gasteiger partial charge >= 0.3 is 5.97 Å². The number of hydrogen-bond donors (Lipinski definition) is 0. The second-order valence-electron chi connectivity index (χ2n) is 1.76. The van der Waals surface area contributed by atoms with Crippen LogP contribution < -0.4 is 0 Å². The van der Waals surface area contributed by atoms with Gasteiger partial charge in [0.05, 0.1) is 16.7 Å². The van der Waals surface area contributed by atoms with Crippen molar-refractivity contribution in [3.63, 3.8) is 0 Å². The summed E-state index contributed by atoms with van der Waals surface area (Å²) in [5.74, 6) is -0.912. The molecule has 0 saturated heterocycles. The maximum atomic E-state index is 11.1. The Morgan fingerprint density at radius 3 is 3.18 bits per heavy atom. The molecule has 0 N–H and O–H groups in total. The van der Waals surface area contributed by atoms with Crippen molar-refractivity contribution < 1.29 is 13.6 Å². The molecule has 4 heteroatoms. The molecule has 1 rings (SSSR count). The third-order valence-corrected chi connectivity index (χ3v) is 1.52. The van der Waals surface area contributed by atoms with E-state index in [0.717, 1.165) is 0 Å². The number of rotatable bonds is 1. The van der Waals surface area contributed by atoms with Crippen molar-refractivity contribution in [3.05, 3.63) is 28.5 Å². The van der Waals surface area contributed by atoms with Gasteiger partial charge in [-0.05, 0) is 28.1 Å². The lowest BCUT2D eigenvalue weighted by Gasteiger charge is -1.96. The summed E-state index contributed by atoms with van der Waals surface area (Å²) in [6, 6.07) is 2.95. The molecule has 1 aromatic rings. The summed E-state index contributed by atoms with van der Waals surface area (Å²) in [6.07, 6.45) is 1.23. The van der Waals surface area contributed by atoms with Gasteiger partial charge in [-0.2, -0.15) is 0 Å². The monoisotopic (exact) mass is 218 g/mol. The van der Waals surface area contributed by atoms with Crippen LogP contribution in [-0.4, -0.2) is 18.0 Å². The van der Waals surface area contributed by atoms with E-state index in [-0.39, 0.29) is 5.56 Å². The topological polar surface area (TPSA) is 39.2 Å². The van der Waals surface area contributed by atoms with Crippen molar-refractivity contribution in [3.8, 4) is 0 Å². The Hall–Kier alpha value is -0.900. The van der Waals surface area contributed by atoms with Crippen LogP contribution >= 0.6 is 15.9 Å². The van der Waals surface area contributed by atoms with Crippen LogP contribution in [0.15, 0.2) is 22.9 Å². The highest BCUT2D eigenvalue weighted by atomic mass is 79.9. The Morgan fingerprint density at radius 1 is 1.82 bits per heavy atom. The molecule has 0 bridgehead atoms. The number of nitrogens with zero attached hydrogens (tertiary/aromatic N) is 1. The van der Waals surface area contributed by atoms with Crippen LogP contribution in [0, 0.1) is 0 Å². The van der Waals surface area contributed by atoms with Gasteiger partial charge < -0.3 is 4.74 Å². The summed E-state index contributed by atoms with van der Waals surface area (Å²) in [6.45, 7) is 0. The summed E-state index contributed by atoms with van der Waals surface area (Å²) in [7, 11) is -2.72. The van der Waals surface area contributed by atoms with E-state index >= 15 is 0 Å². The van der Waals surface area contributed by atoms with Gasteiger partial charge in [0.15, 0.2) is 0 Å². The van der Waals surface area contributed by atoms with E-state index < -0.39 is 13.0 Å². The van der Waals surface area contributed by atoms with Crippen LogP contribution in [0.5, 0.6) is 0 Å². The average molecular weight is 219 g/mol. The fraction of sp³-hybridized carbons (Fsp3) is 0.143. The molecule has 11 heavy (non-hydrogen) atoms. The molecule has 0 aliphatic carbocycles. The highest BCUT2D eigenvalue weighted by molar-refractivity contribution is 9.10. The summed E-state index contributed by atoms with van der Waals surface area (Å²) >= 11 is 3.08. The number of halogens is 1. The van der Waals surface area contributed by atoms with E-state index in [4.69, 9.17) is 4.11 Å². The van der Waals surface area contributed by atoms with E-state index in [1.165, 1.54) is 18.3 Å². The SMILES string of the molecule is [2H]C([2H])([2H])OC(=O)c1ccc(Br)nc1. The van der Waals surface area contributed by atoms with Crippen molar-refractivity contribution in [2.45, 2.75) is 0 Å².